The van der Waals surface area contributed by atoms with Gasteiger partial charge in [-0.1, -0.05) is 26.2 Å². The molecular formula is C36H44FeO2S. The van der Waals surface area contributed by atoms with Crippen LogP contribution in [0.5, 0.6) is 0 Å². The maximum atomic E-state index is 11.8. The fourth-order valence-electron chi connectivity index (χ4n) is 21.4. The second kappa shape index (κ2) is 3.81. The van der Waals surface area contributed by atoms with Crippen LogP contribution in [0.2, 0.25) is 47.7 Å². The summed E-state index contributed by atoms with van der Waals surface area (Å²) in [6, 6.07) is 21.6. The summed E-state index contributed by atoms with van der Waals surface area (Å²) in [4.78, 5) is 22.9. The summed E-state index contributed by atoms with van der Waals surface area (Å²) in [5.74, 6) is 0.1000. The van der Waals surface area contributed by atoms with Gasteiger partial charge < -0.3 is 0 Å². The van der Waals surface area contributed by atoms with E-state index in [1.165, 1.54) is 103 Å². The van der Waals surface area contributed by atoms with Crippen LogP contribution in [-0.2, 0) is 22.5 Å². The van der Waals surface area contributed by atoms with Gasteiger partial charge in [0.05, 0.1) is 0 Å². The summed E-state index contributed by atoms with van der Waals surface area (Å²) in [5, 5.41) is 9.70. The van der Waals surface area contributed by atoms with Crippen molar-refractivity contribution >= 4 is 17.7 Å². The summed E-state index contributed by atoms with van der Waals surface area (Å²) in [5.41, 5.74) is 4.56. The van der Waals surface area contributed by atoms with Crippen LogP contribution >= 0.6 is 11.8 Å². The van der Waals surface area contributed by atoms with Crippen molar-refractivity contribution in [2.24, 2.45) is 0 Å². The van der Waals surface area contributed by atoms with E-state index in [0.29, 0.717) is 4.31 Å². The van der Waals surface area contributed by atoms with Crippen LogP contribution in [-0.4, -0.2) is 16.8 Å². The molecule has 0 aromatic heterocycles. The average Bonchev–Trinajstić information content (AvgIpc) is 3.91. The summed E-state index contributed by atoms with van der Waals surface area (Å²) in [6.07, 6.45) is 12.5. The number of carboxylic acid groups (broad SMARTS) is 1. The van der Waals surface area contributed by atoms with Crippen molar-refractivity contribution in [2.75, 3.05) is 5.75 Å². The van der Waals surface area contributed by atoms with Gasteiger partial charge in [0.15, 0.2) is 0 Å². The van der Waals surface area contributed by atoms with Crippen molar-refractivity contribution in [1.29, 1.82) is 0 Å². The molecule has 5 unspecified atom stereocenters. The fourth-order valence-corrected chi connectivity index (χ4v) is 99.9. The van der Waals surface area contributed by atoms with Gasteiger partial charge in [0, 0.05) is 0 Å². The van der Waals surface area contributed by atoms with Gasteiger partial charge in [-0.25, -0.2) is 0 Å². The second-order valence-corrected chi connectivity index (χ2v) is 42.5. The first kappa shape index (κ1) is 22.3. The van der Waals surface area contributed by atoms with E-state index in [1.807, 2.05) is 0 Å². The third-order valence-electron chi connectivity index (χ3n) is 20.7. The van der Waals surface area contributed by atoms with Crippen LogP contribution in [0.25, 0.3) is 0 Å². The van der Waals surface area contributed by atoms with Crippen molar-refractivity contribution < 1.29 is 16.4 Å². The van der Waals surface area contributed by atoms with Crippen LogP contribution in [0.1, 0.15) is 81.4 Å². The summed E-state index contributed by atoms with van der Waals surface area (Å²) < 4.78 is 0.603. The molecule has 10 fully saturated rings. The number of benzene rings is 2. The zero-order valence-electron chi connectivity index (χ0n) is 23.8. The van der Waals surface area contributed by atoms with Crippen molar-refractivity contribution in [3.63, 3.8) is 0 Å². The van der Waals surface area contributed by atoms with Gasteiger partial charge in [0.1, 0.15) is 0 Å². The topological polar surface area (TPSA) is 37.3 Å². The molecule has 10 aliphatic heterocycles. The summed E-state index contributed by atoms with van der Waals surface area (Å²) in [6.45, 7) is -1.26. The van der Waals surface area contributed by atoms with Gasteiger partial charge in [-0.2, -0.15) is 0 Å². The zero-order valence-corrected chi connectivity index (χ0v) is 25.7. The molecule has 1 spiro atoms. The van der Waals surface area contributed by atoms with Crippen LogP contribution < -0.4 is 0 Å². The SMILES string of the molecule is CCCCCCCCCCc1ccc(C(SCCC(=O)O)(c2ccccc2)[C]23[CH]4[CH]5[CH]6[CH]2[Fe]56432789[CH]3[CH]2[CH]7[CH]8[CH]39)cc1. The van der Waals surface area contributed by atoms with Crippen molar-refractivity contribution in [1.82, 2.24) is 0 Å². The molecule has 4 heteroatoms. The third-order valence-corrected chi connectivity index (χ3v) is 65.0. The predicted octanol–water partition coefficient (Wildman–Crippen LogP) is 10.6. The number of fused-ring (bicyclic) bond motifs is 10. The number of thioether (sulfide) groups is 1. The standard InChI is InChI=1S/C31H39O2S.C5H5.Fe/c1-2-3-4-5-6-7-8-10-15-26-20-22-29(23-21-26)31(28-18-13-14-19-28,34-25-24-30(32)33)27-16-11-9-12-17-27;1-2-4-5-3-1;/h9,11-14,16-23H,2-8,10,15,24-25H2,1H3,(H,32,33);1-5H;. The number of carboxylic acids is 1. The minimum atomic E-state index is -3.55. The number of hydrogen-bond acceptors (Lipinski definition) is 2. The number of unbranched alkanes of at least 4 members (excludes halogenated alkanes) is 7. The molecule has 0 aliphatic carbocycles. The molecule has 10 saturated heterocycles. The molecule has 10 heterocycles. The van der Waals surface area contributed by atoms with E-state index >= 15 is 0 Å². The zero-order chi connectivity index (χ0) is 26.7. The molecule has 40 heavy (non-hydrogen) atoms. The molecular weight excluding hydrogens is 552 g/mol. The van der Waals surface area contributed by atoms with Gasteiger partial charge in [-0.15, -0.1) is 0 Å². The van der Waals surface area contributed by atoms with E-state index in [-0.39, 0.29) is 11.2 Å². The van der Waals surface area contributed by atoms with Crippen LogP contribution in [0.4, 0.5) is 0 Å². The molecule has 2 aromatic rings. The van der Waals surface area contributed by atoms with Crippen molar-refractivity contribution in [2.45, 2.75) is 124 Å². The first-order valence-corrected chi connectivity index (χ1v) is 23.8. The normalized spacial score (nSPS) is 58.9. The van der Waals surface area contributed by atoms with E-state index in [1.54, 1.807) is 5.56 Å². The Morgan fingerprint density at radius 1 is 0.775 bits per heavy atom. The Bertz CT molecular complexity index is 1760. The summed E-state index contributed by atoms with van der Waals surface area (Å²) >= 11 is 2.10. The van der Waals surface area contributed by atoms with E-state index in [4.69, 9.17) is 0 Å². The molecule has 0 bridgehead atoms. The Morgan fingerprint density at radius 2 is 1.32 bits per heavy atom. The molecule has 0 radical (unpaired) electrons. The molecule has 0 saturated carbocycles. The van der Waals surface area contributed by atoms with Crippen molar-refractivity contribution in [3.8, 4) is 0 Å². The quantitative estimate of drug-likeness (QED) is 0.155. The average molecular weight is 597 g/mol. The first-order valence-electron chi connectivity index (χ1n) is 16.6. The molecule has 2 aromatic carbocycles. The van der Waals surface area contributed by atoms with Crippen molar-refractivity contribution in [3.05, 3.63) is 71.3 Å². The Hall–Kier alpha value is -1.22. The van der Waals surface area contributed by atoms with Gasteiger partial charge in [0.25, 0.3) is 0 Å². The van der Waals surface area contributed by atoms with E-state index < -0.39 is 12.5 Å². The van der Waals surface area contributed by atoms with Crippen LogP contribution in [0.15, 0.2) is 54.6 Å². The summed E-state index contributed by atoms with van der Waals surface area (Å²) in [7, 11) is 0. The minimum absolute atomic E-state index is 0.00425. The predicted molar refractivity (Wildman–Crippen MR) is 161 cm³/mol. The Balaban J connectivity index is 0.913. The fraction of sp³-hybridized carbons (Fsp3) is 0.639. The molecule has 2 nitrogen and oxygen atoms in total. The Morgan fingerprint density at radius 3 is 1.82 bits per heavy atom. The monoisotopic (exact) mass is 596 g/mol. The van der Waals surface area contributed by atoms with Crippen LogP contribution in [0.3, 0.4) is 0 Å². The number of hydrogen-bond donors (Lipinski definition) is 1. The Labute approximate surface area is 233 Å². The van der Waals surface area contributed by atoms with Gasteiger partial charge >= 0.3 is 209 Å². The van der Waals surface area contributed by atoms with Gasteiger partial charge in [0.2, 0.25) is 0 Å². The second-order valence-electron chi connectivity index (χ2n) is 17.6. The van der Waals surface area contributed by atoms with Gasteiger partial charge in [-0.3, -0.25) is 0 Å². The first-order chi connectivity index (χ1) is 19.4. The number of aliphatic carboxylic acids is 1. The molecule has 12 rings (SSSR count). The van der Waals surface area contributed by atoms with E-state index in [9.17, 15) is 9.90 Å². The maximum absolute atomic E-state index is 11.8. The van der Waals surface area contributed by atoms with E-state index in [2.05, 4.69) is 73.3 Å². The number of rotatable bonds is 16. The molecule has 214 valence electrons. The molecule has 1 N–H and O–H groups in total. The molecule has 0 amide bonds. The van der Waals surface area contributed by atoms with Gasteiger partial charge in [-0.05, 0) is 0 Å². The molecule has 10 aliphatic rings. The third kappa shape index (κ3) is 0.657. The Kier molecular flexibility index (Phi) is 2.13. The number of carbonyl (C=O) groups is 1. The number of aryl methyl sites for hydroxylation is 1. The van der Waals surface area contributed by atoms with E-state index in [0.717, 1.165) is 15.4 Å². The molecule has 5 atom stereocenters. The van der Waals surface area contributed by atoms with Crippen LogP contribution in [0, 0.1) is 0 Å².